The third-order valence-corrected chi connectivity index (χ3v) is 2.61. The van der Waals surface area contributed by atoms with Gasteiger partial charge < -0.3 is 5.11 Å². The molecule has 2 rings (SSSR count). The van der Waals surface area contributed by atoms with Crippen LogP contribution in [0.1, 0.15) is 29.2 Å². The van der Waals surface area contributed by atoms with Gasteiger partial charge in [0.15, 0.2) is 0 Å². The first-order valence-electron chi connectivity index (χ1n) is 4.48. The molecule has 1 aliphatic carbocycles. The second kappa shape index (κ2) is 3.20. The summed E-state index contributed by atoms with van der Waals surface area (Å²) in [6.07, 6.45) is 1.86. The van der Waals surface area contributed by atoms with Crippen LogP contribution in [0.3, 0.4) is 0 Å². The highest BCUT2D eigenvalue weighted by Gasteiger charge is 2.21. The lowest BCUT2D eigenvalue weighted by molar-refractivity contribution is 0.180. The third kappa shape index (κ3) is 1.32. The maximum absolute atomic E-state index is 9.59. The molecule has 0 aromatic heterocycles. The number of aliphatic hydroxyl groups excluding tert-OH is 1. The van der Waals surface area contributed by atoms with Gasteiger partial charge in [0.1, 0.15) is 0 Å². The summed E-state index contributed by atoms with van der Waals surface area (Å²) in [6.45, 7) is 0. The molecule has 0 bridgehead atoms. The van der Waals surface area contributed by atoms with Crippen molar-refractivity contribution in [1.82, 2.24) is 0 Å². The predicted molar refractivity (Wildman–Crippen MR) is 49.0 cm³/mol. The topological polar surface area (TPSA) is 44.0 Å². The lowest BCUT2D eigenvalue weighted by Gasteiger charge is -2.05. The molecule has 1 unspecified atom stereocenters. The Hall–Kier alpha value is -1.33. The van der Waals surface area contributed by atoms with Gasteiger partial charge in [0, 0.05) is 0 Å². The molecule has 2 heteroatoms. The highest BCUT2D eigenvalue weighted by Crippen LogP contribution is 2.32. The number of nitriles is 1. The average Bonchev–Trinajstić information content (AvgIpc) is 2.50. The molecule has 1 aliphatic rings. The molecule has 0 saturated carbocycles. The van der Waals surface area contributed by atoms with E-state index in [1.807, 2.05) is 18.2 Å². The average molecular weight is 173 g/mol. The SMILES string of the molecule is N#CCc1cccc2c1CCC2O. The van der Waals surface area contributed by atoms with Gasteiger partial charge in [-0.3, -0.25) is 0 Å². The number of nitrogens with zero attached hydrogens (tertiary/aromatic N) is 1. The monoisotopic (exact) mass is 173 g/mol. The first-order chi connectivity index (χ1) is 6.33. The molecule has 2 nitrogen and oxygen atoms in total. The normalized spacial score (nSPS) is 19.5. The highest BCUT2D eigenvalue weighted by atomic mass is 16.3. The van der Waals surface area contributed by atoms with Crippen molar-refractivity contribution in [2.24, 2.45) is 0 Å². The first kappa shape index (κ1) is 8.28. The van der Waals surface area contributed by atoms with E-state index in [9.17, 15) is 5.11 Å². The molecule has 0 heterocycles. The number of benzene rings is 1. The van der Waals surface area contributed by atoms with Crippen molar-refractivity contribution in [2.45, 2.75) is 25.4 Å². The van der Waals surface area contributed by atoms with Gasteiger partial charge in [-0.25, -0.2) is 0 Å². The summed E-state index contributed by atoms with van der Waals surface area (Å²) in [5.74, 6) is 0. The van der Waals surface area contributed by atoms with E-state index in [2.05, 4.69) is 6.07 Å². The van der Waals surface area contributed by atoms with E-state index in [1.165, 1.54) is 5.56 Å². The molecule has 0 aliphatic heterocycles. The number of hydrogen-bond acceptors (Lipinski definition) is 2. The zero-order valence-electron chi connectivity index (χ0n) is 7.33. The van der Waals surface area contributed by atoms with Crippen LogP contribution in [0.15, 0.2) is 18.2 Å². The summed E-state index contributed by atoms with van der Waals surface area (Å²) in [5, 5.41) is 18.2. The van der Waals surface area contributed by atoms with Crippen LogP contribution < -0.4 is 0 Å². The minimum Gasteiger partial charge on any atom is -0.388 e. The van der Waals surface area contributed by atoms with Crippen LogP contribution in [-0.4, -0.2) is 5.11 Å². The Morgan fingerprint density at radius 2 is 2.38 bits per heavy atom. The van der Waals surface area contributed by atoms with Crippen LogP contribution in [0.2, 0.25) is 0 Å². The van der Waals surface area contributed by atoms with Crippen molar-refractivity contribution in [3.63, 3.8) is 0 Å². The van der Waals surface area contributed by atoms with Crippen LogP contribution in [-0.2, 0) is 12.8 Å². The van der Waals surface area contributed by atoms with Gasteiger partial charge in [-0.15, -0.1) is 0 Å². The van der Waals surface area contributed by atoms with Gasteiger partial charge in [-0.1, -0.05) is 18.2 Å². The van der Waals surface area contributed by atoms with Crippen molar-refractivity contribution >= 4 is 0 Å². The molecule has 0 spiro atoms. The van der Waals surface area contributed by atoms with Gasteiger partial charge in [0.2, 0.25) is 0 Å². The molecule has 0 radical (unpaired) electrons. The fraction of sp³-hybridized carbons (Fsp3) is 0.364. The molecule has 0 amide bonds. The molecule has 1 N–H and O–H groups in total. The van der Waals surface area contributed by atoms with Gasteiger partial charge >= 0.3 is 0 Å². The van der Waals surface area contributed by atoms with E-state index in [0.29, 0.717) is 6.42 Å². The minimum absolute atomic E-state index is 0.311. The Morgan fingerprint density at radius 3 is 3.15 bits per heavy atom. The lowest BCUT2D eigenvalue weighted by atomic mass is 10.0. The minimum atomic E-state index is -0.311. The Kier molecular flexibility index (Phi) is 2.03. The predicted octanol–water partition coefficient (Wildman–Crippen LogP) is 1.73. The van der Waals surface area contributed by atoms with Crippen LogP contribution in [0.4, 0.5) is 0 Å². The van der Waals surface area contributed by atoms with Crippen LogP contribution in [0, 0.1) is 11.3 Å². The van der Waals surface area contributed by atoms with Crippen molar-refractivity contribution in [3.05, 3.63) is 34.9 Å². The zero-order chi connectivity index (χ0) is 9.26. The summed E-state index contributed by atoms with van der Waals surface area (Å²) in [6, 6.07) is 7.99. The number of fused-ring (bicyclic) bond motifs is 1. The van der Waals surface area contributed by atoms with Crippen molar-refractivity contribution in [1.29, 1.82) is 5.26 Å². The molecule has 0 saturated heterocycles. The quantitative estimate of drug-likeness (QED) is 0.702. The number of aliphatic hydroxyl groups is 1. The van der Waals surface area contributed by atoms with E-state index in [1.54, 1.807) is 0 Å². The maximum atomic E-state index is 9.59. The second-order valence-corrected chi connectivity index (χ2v) is 3.37. The highest BCUT2D eigenvalue weighted by molar-refractivity contribution is 5.41. The summed E-state index contributed by atoms with van der Waals surface area (Å²) < 4.78 is 0. The molecule has 1 aromatic rings. The summed E-state index contributed by atoms with van der Waals surface area (Å²) in [5.41, 5.74) is 3.29. The molecule has 1 atom stereocenters. The van der Waals surface area contributed by atoms with Crippen LogP contribution in [0.5, 0.6) is 0 Å². The Labute approximate surface area is 77.4 Å². The van der Waals surface area contributed by atoms with E-state index in [0.717, 1.165) is 24.0 Å². The molecule has 13 heavy (non-hydrogen) atoms. The molecule has 66 valence electrons. The van der Waals surface area contributed by atoms with Crippen molar-refractivity contribution in [2.75, 3.05) is 0 Å². The lowest BCUT2D eigenvalue weighted by Crippen LogP contribution is -1.93. The third-order valence-electron chi connectivity index (χ3n) is 2.61. The molecule has 0 fully saturated rings. The molecular formula is C11H11NO. The standard InChI is InChI=1S/C11H11NO/c12-7-6-8-2-1-3-10-9(8)4-5-11(10)13/h1-3,11,13H,4-6H2. The molecule has 1 aromatic carbocycles. The van der Waals surface area contributed by atoms with Gasteiger partial charge in [0.25, 0.3) is 0 Å². The van der Waals surface area contributed by atoms with Crippen molar-refractivity contribution in [3.8, 4) is 6.07 Å². The first-order valence-corrected chi connectivity index (χ1v) is 4.48. The summed E-state index contributed by atoms with van der Waals surface area (Å²) in [7, 11) is 0. The fourth-order valence-corrected chi connectivity index (χ4v) is 1.96. The van der Waals surface area contributed by atoms with E-state index in [4.69, 9.17) is 5.26 Å². The number of hydrogen-bond donors (Lipinski definition) is 1. The summed E-state index contributed by atoms with van der Waals surface area (Å²) >= 11 is 0. The largest absolute Gasteiger partial charge is 0.388 e. The summed E-state index contributed by atoms with van der Waals surface area (Å²) in [4.78, 5) is 0. The van der Waals surface area contributed by atoms with E-state index in [-0.39, 0.29) is 6.10 Å². The van der Waals surface area contributed by atoms with E-state index >= 15 is 0 Å². The smallest absolute Gasteiger partial charge is 0.0796 e. The maximum Gasteiger partial charge on any atom is 0.0796 e. The number of rotatable bonds is 1. The Morgan fingerprint density at radius 1 is 1.54 bits per heavy atom. The molecular weight excluding hydrogens is 162 g/mol. The Balaban J connectivity index is 2.46. The van der Waals surface area contributed by atoms with Crippen molar-refractivity contribution < 1.29 is 5.11 Å². The van der Waals surface area contributed by atoms with Gasteiger partial charge in [0.05, 0.1) is 18.6 Å². The van der Waals surface area contributed by atoms with Crippen LogP contribution >= 0.6 is 0 Å². The second-order valence-electron chi connectivity index (χ2n) is 3.37. The fourth-order valence-electron chi connectivity index (χ4n) is 1.96. The Bertz CT molecular complexity index is 365. The van der Waals surface area contributed by atoms with Crippen LogP contribution in [0.25, 0.3) is 0 Å². The zero-order valence-corrected chi connectivity index (χ0v) is 7.33. The van der Waals surface area contributed by atoms with Gasteiger partial charge in [-0.05, 0) is 29.5 Å². The van der Waals surface area contributed by atoms with Gasteiger partial charge in [-0.2, -0.15) is 5.26 Å². The van der Waals surface area contributed by atoms with E-state index < -0.39 is 0 Å².